The van der Waals surface area contributed by atoms with Gasteiger partial charge in [0.05, 0.1) is 28.8 Å². The highest BCUT2D eigenvalue weighted by Gasteiger charge is 2.38. The molecule has 39 heavy (non-hydrogen) atoms. The number of carbonyl (C=O) groups is 1. The molecule has 1 aliphatic heterocycles. The van der Waals surface area contributed by atoms with Gasteiger partial charge in [0.25, 0.3) is 5.56 Å². The molecule has 1 saturated heterocycles. The third-order valence-electron chi connectivity index (χ3n) is 5.81. The molecule has 1 fully saturated rings. The van der Waals surface area contributed by atoms with Gasteiger partial charge in [0.1, 0.15) is 17.7 Å². The molecule has 0 aliphatic carbocycles. The summed E-state index contributed by atoms with van der Waals surface area (Å²) in [6.07, 6.45) is -9.16. The van der Waals surface area contributed by atoms with Gasteiger partial charge in [0.15, 0.2) is 0 Å². The average molecular weight is 563 g/mol. The van der Waals surface area contributed by atoms with Crippen LogP contribution >= 0.6 is 0 Å². The van der Waals surface area contributed by atoms with Crippen molar-refractivity contribution >= 4 is 16.9 Å². The van der Waals surface area contributed by atoms with Crippen LogP contribution in [0, 0.1) is 6.92 Å². The minimum Gasteiger partial charge on any atom is -0.494 e. The van der Waals surface area contributed by atoms with Crippen molar-refractivity contribution in [3.63, 3.8) is 0 Å². The molecule has 1 N–H and O–H groups in total. The van der Waals surface area contributed by atoms with E-state index in [0.717, 1.165) is 25.6 Å². The Balaban J connectivity index is 0.000000532. The van der Waals surface area contributed by atoms with Crippen LogP contribution in [0.25, 0.3) is 16.6 Å². The van der Waals surface area contributed by atoms with Gasteiger partial charge in [-0.05, 0) is 56.2 Å². The summed E-state index contributed by atoms with van der Waals surface area (Å²) in [5.74, 6) is -1.89. The van der Waals surface area contributed by atoms with Crippen molar-refractivity contribution in [1.82, 2.24) is 14.5 Å². The van der Waals surface area contributed by atoms with Crippen LogP contribution in [0.5, 0.6) is 5.75 Å². The SMILES string of the molecule is Cc1nc2cccc(C(F)(F)F)c2c(=O)n1-c1ccc(OCCCN2CC[C@@H](F)C2)cc1.O=C(O)C(F)(F)F. The number of aliphatic carboxylic acids is 1. The van der Waals surface area contributed by atoms with Crippen molar-refractivity contribution in [2.75, 3.05) is 26.2 Å². The van der Waals surface area contributed by atoms with Crippen LogP contribution < -0.4 is 10.3 Å². The number of halogens is 7. The first-order chi connectivity index (χ1) is 18.2. The van der Waals surface area contributed by atoms with Gasteiger partial charge in [-0.2, -0.15) is 26.3 Å². The molecule has 0 radical (unpaired) electrons. The van der Waals surface area contributed by atoms with Gasteiger partial charge in [-0.25, -0.2) is 14.2 Å². The summed E-state index contributed by atoms with van der Waals surface area (Å²) in [5.41, 5.74) is -1.36. The molecule has 0 amide bonds. The Morgan fingerprint density at radius 2 is 1.74 bits per heavy atom. The number of hydrogen-bond donors (Lipinski definition) is 1. The molecule has 14 heteroatoms. The van der Waals surface area contributed by atoms with Crippen LogP contribution in [0.4, 0.5) is 30.7 Å². The number of aromatic nitrogens is 2. The minimum absolute atomic E-state index is 0.00983. The monoisotopic (exact) mass is 563 g/mol. The fraction of sp³-hybridized carbons (Fsp3) is 0.400. The lowest BCUT2D eigenvalue weighted by Crippen LogP contribution is -2.25. The van der Waals surface area contributed by atoms with Gasteiger partial charge in [-0.1, -0.05) is 6.07 Å². The Morgan fingerprint density at radius 1 is 1.10 bits per heavy atom. The fourth-order valence-electron chi connectivity index (χ4n) is 4.04. The highest BCUT2D eigenvalue weighted by atomic mass is 19.4. The number of alkyl halides is 7. The first kappa shape index (κ1) is 29.9. The fourth-order valence-corrected chi connectivity index (χ4v) is 4.04. The van der Waals surface area contributed by atoms with Crippen LogP contribution in [0.15, 0.2) is 47.3 Å². The maximum absolute atomic E-state index is 13.4. The smallest absolute Gasteiger partial charge is 0.490 e. The Morgan fingerprint density at radius 3 is 2.28 bits per heavy atom. The predicted molar refractivity (Wildman–Crippen MR) is 127 cm³/mol. The summed E-state index contributed by atoms with van der Waals surface area (Å²) < 4.78 is 92.1. The molecule has 2 heterocycles. The van der Waals surface area contributed by atoms with E-state index in [4.69, 9.17) is 14.6 Å². The molecule has 1 aromatic heterocycles. The van der Waals surface area contributed by atoms with Crippen molar-refractivity contribution in [1.29, 1.82) is 0 Å². The molecule has 3 aromatic rings. The number of hydrogen-bond acceptors (Lipinski definition) is 5. The number of nitrogens with zero attached hydrogens (tertiary/aromatic N) is 3. The number of rotatable bonds is 6. The molecule has 1 aliphatic rings. The molecule has 0 saturated carbocycles. The van der Waals surface area contributed by atoms with Gasteiger partial charge in [-0.3, -0.25) is 9.36 Å². The second-order valence-corrected chi connectivity index (χ2v) is 8.68. The predicted octanol–water partition coefficient (Wildman–Crippen LogP) is 5.16. The van der Waals surface area contributed by atoms with E-state index in [1.807, 2.05) is 0 Å². The van der Waals surface area contributed by atoms with Crippen molar-refractivity contribution in [2.24, 2.45) is 0 Å². The average Bonchev–Trinajstić information content (AvgIpc) is 3.26. The van der Waals surface area contributed by atoms with Gasteiger partial charge < -0.3 is 14.7 Å². The van der Waals surface area contributed by atoms with Gasteiger partial charge in [-0.15, -0.1) is 0 Å². The van der Waals surface area contributed by atoms with Crippen LogP contribution in [0.2, 0.25) is 0 Å². The van der Waals surface area contributed by atoms with Crippen LogP contribution in [0.1, 0.15) is 24.2 Å². The number of ether oxygens (including phenoxy) is 1. The number of fused-ring (bicyclic) bond motifs is 1. The van der Waals surface area contributed by atoms with E-state index in [9.17, 15) is 35.5 Å². The van der Waals surface area contributed by atoms with E-state index in [-0.39, 0.29) is 11.3 Å². The molecule has 0 spiro atoms. The van der Waals surface area contributed by atoms with E-state index in [1.54, 1.807) is 31.2 Å². The number of likely N-dealkylation sites (tertiary alicyclic amines) is 1. The van der Waals surface area contributed by atoms with E-state index in [1.165, 1.54) is 16.7 Å². The highest BCUT2D eigenvalue weighted by Crippen LogP contribution is 2.33. The van der Waals surface area contributed by atoms with Crippen molar-refractivity contribution < 1.29 is 45.4 Å². The van der Waals surface area contributed by atoms with E-state index < -0.39 is 41.0 Å². The zero-order chi connectivity index (χ0) is 29.0. The van der Waals surface area contributed by atoms with Crippen molar-refractivity contribution in [3.05, 3.63) is 64.2 Å². The summed E-state index contributed by atoms with van der Waals surface area (Å²) in [6.45, 7) is 4.03. The summed E-state index contributed by atoms with van der Waals surface area (Å²) >= 11 is 0. The maximum atomic E-state index is 13.4. The highest BCUT2D eigenvalue weighted by molar-refractivity contribution is 5.82. The Bertz CT molecular complexity index is 1360. The molecule has 4 rings (SSSR count). The zero-order valence-electron chi connectivity index (χ0n) is 20.5. The molecule has 212 valence electrons. The Kier molecular flexibility index (Phi) is 9.20. The summed E-state index contributed by atoms with van der Waals surface area (Å²) in [6, 6.07) is 10.1. The lowest BCUT2D eigenvalue weighted by atomic mass is 10.1. The summed E-state index contributed by atoms with van der Waals surface area (Å²) in [7, 11) is 0. The molecule has 0 unspecified atom stereocenters. The molecular formula is C25H24F7N3O4. The topological polar surface area (TPSA) is 84.7 Å². The quantitative estimate of drug-likeness (QED) is 0.330. The maximum Gasteiger partial charge on any atom is 0.490 e. The third kappa shape index (κ3) is 7.68. The van der Waals surface area contributed by atoms with E-state index in [2.05, 4.69) is 9.88 Å². The van der Waals surface area contributed by atoms with Crippen LogP contribution in [-0.4, -0.2) is 64.1 Å². The largest absolute Gasteiger partial charge is 0.494 e. The normalized spacial score (nSPS) is 16.2. The van der Waals surface area contributed by atoms with Gasteiger partial charge in [0.2, 0.25) is 0 Å². The van der Waals surface area contributed by atoms with Crippen molar-refractivity contribution in [3.8, 4) is 11.4 Å². The van der Waals surface area contributed by atoms with Crippen molar-refractivity contribution in [2.45, 2.75) is 38.3 Å². The number of carboxylic acid groups (broad SMARTS) is 1. The van der Waals surface area contributed by atoms with E-state index >= 15 is 0 Å². The van der Waals surface area contributed by atoms with Crippen LogP contribution in [-0.2, 0) is 11.0 Å². The molecule has 7 nitrogen and oxygen atoms in total. The molecule has 1 atom stereocenters. The second kappa shape index (κ2) is 12.0. The molecule has 0 bridgehead atoms. The Hall–Kier alpha value is -3.68. The third-order valence-corrected chi connectivity index (χ3v) is 5.81. The second-order valence-electron chi connectivity index (χ2n) is 8.68. The lowest BCUT2D eigenvalue weighted by molar-refractivity contribution is -0.192. The number of aryl methyl sites for hydroxylation is 1. The molecular weight excluding hydrogens is 539 g/mol. The number of carboxylic acids is 1. The molecule has 2 aromatic carbocycles. The first-order valence-corrected chi connectivity index (χ1v) is 11.7. The zero-order valence-corrected chi connectivity index (χ0v) is 20.5. The minimum atomic E-state index is -5.08. The Labute approximate surface area is 217 Å². The first-order valence-electron chi connectivity index (χ1n) is 11.7. The van der Waals surface area contributed by atoms with Crippen LogP contribution in [0.3, 0.4) is 0 Å². The summed E-state index contributed by atoms with van der Waals surface area (Å²) in [5, 5.41) is 6.67. The standard InChI is InChI=1S/C23H23F4N3O2.C2HF3O2/c1-15-28-20-5-2-4-19(23(25,26)27)21(20)22(31)30(15)17-6-8-18(9-7-17)32-13-3-11-29-12-10-16(24)14-29;3-2(4,5)1(6)7/h2,4-9,16H,3,10-14H2,1H3;(H,6,7)/t16-;/m1./s1. The number of benzene rings is 2. The van der Waals surface area contributed by atoms with Gasteiger partial charge >= 0.3 is 18.3 Å². The lowest BCUT2D eigenvalue weighted by Gasteiger charge is -2.15. The van der Waals surface area contributed by atoms with Gasteiger partial charge in [0, 0.05) is 19.6 Å². The summed E-state index contributed by atoms with van der Waals surface area (Å²) in [4.78, 5) is 28.2. The van der Waals surface area contributed by atoms with E-state index in [0.29, 0.717) is 31.0 Å².